The van der Waals surface area contributed by atoms with Gasteiger partial charge in [-0.05, 0) is 100 Å². The molecule has 1 aromatic heterocycles. The van der Waals surface area contributed by atoms with Crippen molar-refractivity contribution in [1.82, 2.24) is 14.8 Å². The molecular weight excluding hydrogens is 398 g/mol. The molecule has 0 spiro atoms. The number of piperidine rings is 1. The predicted molar refractivity (Wildman–Crippen MR) is 127 cm³/mol. The lowest BCUT2D eigenvalue weighted by atomic mass is 9.57. The molecule has 1 aromatic carbocycles. The van der Waals surface area contributed by atoms with E-state index < -0.39 is 5.60 Å². The summed E-state index contributed by atoms with van der Waals surface area (Å²) in [6.45, 7) is 9.07. The van der Waals surface area contributed by atoms with Gasteiger partial charge < -0.3 is 10.2 Å². The smallest absolute Gasteiger partial charge is 0.115 e. The van der Waals surface area contributed by atoms with Gasteiger partial charge in [-0.3, -0.25) is 14.8 Å². The number of hydrogen-bond donors (Lipinski definition) is 2. The number of rotatable bonds is 5. The second-order valence-electron chi connectivity index (χ2n) is 10.5. The van der Waals surface area contributed by atoms with Crippen LogP contribution in [0.1, 0.15) is 55.8 Å². The summed E-state index contributed by atoms with van der Waals surface area (Å²) >= 11 is 0. The number of pyridine rings is 1. The second kappa shape index (κ2) is 8.44. The molecule has 2 aliphatic heterocycles. The monoisotopic (exact) mass is 435 g/mol. The van der Waals surface area contributed by atoms with Crippen LogP contribution in [0, 0.1) is 12.8 Å². The zero-order valence-electron chi connectivity index (χ0n) is 19.5. The lowest BCUT2D eigenvalue weighted by Gasteiger charge is -2.58. The van der Waals surface area contributed by atoms with Gasteiger partial charge in [0.2, 0.25) is 0 Å². The number of likely N-dealkylation sites (tertiary alicyclic amines) is 2. The van der Waals surface area contributed by atoms with E-state index in [0.717, 1.165) is 69.2 Å². The molecule has 1 aliphatic carbocycles. The Bertz CT molecular complexity index is 947. The van der Waals surface area contributed by atoms with E-state index >= 15 is 0 Å². The van der Waals surface area contributed by atoms with E-state index in [0.29, 0.717) is 5.75 Å². The molecule has 5 nitrogen and oxygen atoms in total. The molecule has 1 saturated carbocycles. The molecule has 5 rings (SSSR count). The molecule has 5 heteroatoms. The molecule has 3 unspecified atom stereocenters. The third-order valence-electron chi connectivity index (χ3n) is 8.60. The first kappa shape index (κ1) is 21.9. The minimum absolute atomic E-state index is 0.0911. The van der Waals surface area contributed by atoms with Gasteiger partial charge in [-0.15, -0.1) is 0 Å². The van der Waals surface area contributed by atoms with E-state index in [4.69, 9.17) is 0 Å². The molecule has 2 N–H and O–H groups in total. The molecule has 0 radical (unpaired) electrons. The van der Waals surface area contributed by atoms with Gasteiger partial charge in [-0.2, -0.15) is 0 Å². The maximum Gasteiger partial charge on any atom is 0.115 e. The SMILES string of the molecule is Cc1ccc(O)cc1C12CCN(Cc3ccccn3)CCC1(O)C(C)N(CC1CC1)CC2. The first-order valence-corrected chi connectivity index (χ1v) is 12.3. The maximum atomic E-state index is 12.6. The van der Waals surface area contributed by atoms with Crippen LogP contribution in [0.2, 0.25) is 0 Å². The van der Waals surface area contributed by atoms with Gasteiger partial charge in [0.15, 0.2) is 0 Å². The van der Waals surface area contributed by atoms with Gasteiger partial charge >= 0.3 is 0 Å². The summed E-state index contributed by atoms with van der Waals surface area (Å²) in [7, 11) is 0. The van der Waals surface area contributed by atoms with Crippen molar-refractivity contribution in [2.24, 2.45) is 5.92 Å². The average Bonchev–Trinajstić information content (AvgIpc) is 3.62. The number of hydrogen-bond acceptors (Lipinski definition) is 5. The molecule has 3 heterocycles. The van der Waals surface area contributed by atoms with Crippen LogP contribution in [0.3, 0.4) is 0 Å². The number of fused-ring (bicyclic) bond motifs is 1. The van der Waals surface area contributed by atoms with Crippen molar-refractivity contribution in [1.29, 1.82) is 0 Å². The van der Waals surface area contributed by atoms with Crippen LogP contribution in [0.4, 0.5) is 0 Å². The molecule has 172 valence electrons. The molecular formula is C27H37N3O2. The second-order valence-corrected chi connectivity index (χ2v) is 10.5. The summed E-state index contributed by atoms with van der Waals surface area (Å²) in [6.07, 6.45) is 7.07. The number of aromatic hydroxyl groups is 1. The Kier molecular flexibility index (Phi) is 5.77. The van der Waals surface area contributed by atoms with E-state index in [1.807, 2.05) is 30.5 Å². The third kappa shape index (κ3) is 3.85. The number of phenolic OH excluding ortho intramolecular Hbond substituents is 1. The van der Waals surface area contributed by atoms with Crippen LogP contribution in [0.15, 0.2) is 42.6 Å². The molecule has 3 aliphatic rings. The minimum Gasteiger partial charge on any atom is -0.508 e. The highest BCUT2D eigenvalue weighted by Crippen LogP contribution is 2.53. The Labute approximate surface area is 192 Å². The summed E-state index contributed by atoms with van der Waals surface area (Å²) < 4.78 is 0. The number of benzene rings is 1. The standard InChI is InChI=1S/C27H37N3O2/c1-20-6-9-24(31)17-25(20)26-10-14-29(19-23-5-3-4-13-28-23)15-12-27(26,32)21(2)30(16-11-26)18-22-7-8-22/h3-6,9,13,17,21-22,31-32H,7-8,10-12,14-16,18-19H2,1-2H3. The van der Waals surface area contributed by atoms with Crippen molar-refractivity contribution >= 4 is 0 Å². The van der Waals surface area contributed by atoms with E-state index in [2.05, 4.69) is 34.7 Å². The van der Waals surface area contributed by atoms with Crippen molar-refractivity contribution in [3.8, 4) is 5.75 Å². The average molecular weight is 436 g/mol. The van der Waals surface area contributed by atoms with Crippen LogP contribution in [-0.2, 0) is 12.0 Å². The molecule has 2 aromatic rings. The number of nitrogens with zero attached hydrogens (tertiary/aromatic N) is 3. The first-order chi connectivity index (χ1) is 15.4. The Balaban J connectivity index is 1.51. The topological polar surface area (TPSA) is 59.8 Å². The van der Waals surface area contributed by atoms with Gasteiger partial charge in [0.25, 0.3) is 0 Å². The fourth-order valence-corrected chi connectivity index (χ4v) is 6.41. The summed E-state index contributed by atoms with van der Waals surface area (Å²) in [5, 5.41) is 23.0. The molecule has 2 saturated heterocycles. The highest BCUT2D eigenvalue weighted by Gasteiger charge is 2.59. The van der Waals surface area contributed by atoms with E-state index in [9.17, 15) is 10.2 Å². The van der Waals surface area contributed by atoms with Crippen LogP contribution in [0.25, 0.3) is 0 Å². The summed E-state index contributed by atoms with van der Waals surface area (Å²) in [5.74, 6) is 1.10. The van der Waals surface area contributed by atoms with E-state index in [-0.39, 0.29) is 11.5 Å². The van der Waals surface area contributed by atoms with Gasteiger partial charge in [0.05, 0.1) is 11.3 Å². The molecule has 3 fully saturated rings. The largest absolute Gasteiger partial charge is 0.508 e. The van der Waals surface area contributed by atoms with Crippen molar-refractivity contribution in [2.75, 3.05) is 26.2 Å². The van der Waals surface area contributed by atoms with Gasteiger partial charge in [-0.25, -0.2) is 0 Å². The quantitative estimate of drug-likeness (QED) is 0.747. The fraction of sp³-hybridized carbons (Fsp3) is 0.593. The summed E-state index contributed by atoms with van der Waals surface area (Å²) in [5.41, 5.74) is 2.20. The number of phenols is 1. The summed E-state index contributed by atoms with van der Waals surface area (Å²) in [6, 6.07) is 11.9. The van der Waals surface area contributed by atoms with Crippen LogP contribution >= 0.6 is 0 Å². The highest BCUT2D eigenvalue weighted by atomic mass is 16.3. The van der Waals surface area contributed by atoms with Gasteiger partial charge in [0.1, 0.15) is 5.75 Å². The van der Waals surface area contributed by atoms with E-state index in [1.54, 1.807) is 6.07 Å². The molecule has 32 heavy (non-hydrogen) atoms. The van der Waals surface area contributed by atoms with E-state index in [1.165, 1.54) is 18.4 Å². The van der Waals surface area contributed by atoms with Crippen molar-refractivity contribution in [3.63, 3.8) is 0 Å². The number of aryl methyl sites for hydroxylation is 1. The zero-order chi connectivity index (χ0) is 22.3. The first-order valence-electron chi connectivity index (χ1n) is 12.3. The lowest BCUT2D eigenvalue weighted by Crippen LogP contribution is -2.68. The zero-order valence-corrected chi connectivity index (χ0v) is 19.5. The fourth-order valence-electron chi connectivity index (χ4n) is 6.41. The highest BCUT2D eigenvalue weighted by molar-refractivity contribution is 5.43. The lowest BCUT2D eigenvalue weighted by molar-refractivity contribution is -0.136. The van der Waals surface area contributed by atoms with Crippen molar-refractivity contribution in [3.05, 3.63) is 59.4 Å². The predicted octanol–water partition coefficient (Wildman–Crippen LogP) is 3.86. The van der Waals surface area contributed by atoms with Gasteiger partial charge in [-0.1, -0.05) is 12.1 Å². The number of aliphatic hydroxyl groups is 1. The Morgan fingerprint density at radius 3 is 2.59 bits per heavy atom. The maximum absolute atomic E-state index is 12.6. The Morgan fingerprint density at radius 1 is 1.06 bits per heavy atom. The van der Waals surface area contributed by atoms with Gasteiger partial charge in [0, 0.05) is 37.3 Å². The Morgan fingerprint density at radius 2 is 1.84 bits per heavy atom. The minimum atomic E-state index is -0.836. The molecule has 0 amide bonds. The van der Waals surface area contributed by atoms with Crippen LogP contribution < -0.4 is 0 Å². The Hall–Kier alpha value is -1.95. The number of aromatic nitrogens is 1. The van der Waals surface area contributed by atoms with Crippen molar-refractivity contribution in [2.45, 2.75) is 69.6 Å². The normalized spacial score (nSPS) is 31.8. The summed E-state index contributed by atoms with van der Waals surface area (Å²) in [4.78, 5) is 9.53. The van der Waals surface area contributed by atoms with Crippen LogP contribution in [-0.4, -0.2) is 62.8 Å². The van der Waals surface area contributed by atoms with Crippen molar-refractivity contribution < 1.29 is 10.2 Å². The van der Waals surface area contributed by atoms with Crippen LogP contribution in [0.5, 0.6) is 5.75 Å². The molecule has 3 atom stereocenters. The third-order valence-corrected chi connectivity index (χ3v) is 8.60. The molecule has 0 bridgehead atoms.